The third-order valence-electron chi connectivity index (χ3n) is 3.24. The Morgan fingerprint density at radius 3 is 2.35 bits per heavy atom. The molecule has 0 aromatic rings. The summed E-state index contributed by atoms with van der Waals surface area (Å²) in [7, 11) is 0. The van der Waals surface area contributed by atoms with Gasteiger partial charge >= 0.3 is 6.09 Å². The Labute approximate surface area is 121 Å². The Kier molecular flexibility index (Phi) is 5.80. The molecule has 20 heavy (non-hydrogen) atoms. The largest absolute Gasteiger partial charge is 0.444 e. The van der Waals surface area contributed by atoms with Crippen LogP contribution in [0.5, 0.6) is 0 Å². The Morgan fingerprint density at radius 2 is 1.90 bits per heavy atom. The highest BCUT2D eigenvalue weighted by Crippen LogP contribution is 2.19. The fourth-order valence-electron chi connectivity index (χ4n) is 2.05. The standard InChI is InChI=1S/C14H27N3O3/c1-10(15)12(18)16-9-11-5-7-17(8-6-11)13(19)20-14(2,3)4/h10-11H,5-9,15H2,1-4H3,(H,16,18)/t10-/m0/s1. The van der Waals surface area contributed by atoms with Gasteiger partial charge in [-0.2, -0.15) is 0 Å². The maximum absolute atomic E-state index is 11.9. The number of carbonyl (C=O) groups is 2. The number of nitrogens with one attached hydrogen (secondary N) is 1. The van der Waals surface area contributed by atoms with E-state index in [0.717, 1.165) is 12.8 Å². The highest BCUT2D eigenvalue weighted by atomic mass is 16.6. The molecule has 0 radical (unpaired) electrons. The molecule has 1 saturated heterocycles. The van der Waals surface area contributed by atoms with Crippen molar-refractivity contribution in [3.8, 4) is 0 Å². The number of nitrogens with two attached hydrogens (primary N) is 1. The molecular formula is C14H27N3O3. The lowest BCUT2D eigenvalue weighted by atomic mass is 9.97. The zero-order valence-corrected chi connectivity index (χ0v) is 12.9. The van der Waals surface area contributed by atoms with Gasteiger partial charge in [-0.3, -0.25) is 4.79 Å². The Hall–Kier alpha value is -1.30. The van der Waals surface area contributed by atoms with Crippen LogP contribution in [0.2, 0.25) is 0 Å². The number of hydrogen-bond donors (Lipinski definition) is 2. The van der Waals surface area contributed by atoms with Crippen molar-refractivity contribution in [2.75, 3.05) is 19.6 Å². The van der Waals surface area contributed by atoms with Crippen molar-refractivity contribution in [3.63, 3.8) is 0 Å². The fourth-order valence-corrected chi connectivity index (χ4v) is 2.05. The van der Waals surface area contributed by atoms with Gasteiger partial charge in [0.2, 0.25) is 5.91 Å². The van der Waals surface area contributed by atoms with Crippen LogP contribution < -0.4 is 11.1 Å². The van der Waals surface area contributed by atoms with E-state index in [2.05, 4.69) is 5.32 Å². The first-order chi connectivity index (χ1) is 9.19. The first-order valence-corrected chi connectivity index (χ1v) is 7.20. The molecular weight excluding hydrogens is 258 g/mol. The molecule has 6 nitrogen and oxygen atoms in total. The van der Waals surface area contributed by atoms with Gasteiger partial charge in [0.1, 0.15) is 5.60 Å². The number of piperidine rings is 1. The number of nitrogens with zero attached hydrogens (tertiary/aromatic N) is 1. The second kappa shape index (κ2) is 6.92. The van der Waals surface area contributed by atoms with Gasteiger partial charge in [-0.1, -0.05) is 0 Å². The van der Waals surface area contributed by atoms with Gasteiger partial charge < -0.3 is 20.7 Å². The quantitative estimate of drug-likeness (QED) is 0.813. The molecule has 0 saturated carbocycles. The Balaban J connectivity index is 2.30. The molecule has 1 aliphatic heterocycles. The minimum absolute atomic E-state index is 0.125. The van der Waals surface area contributed by atoms with Crippen LogP contribution in [0.1, 0.15) is 40.5 Å². The van der Waals surface area contributed by atoms with E-state index in [-0.39, 0.29) is 12.0 Å². The van der Waals surface area contributed by atoms with E-state index in [0.29, 0.717) is 25.6 Å². The predicted octanol–water partition coefficient (Wildman–Crippen LogP) is 1.10. The van der Waals surface area contributed by atoms with Gasteiger partial charge in [0.15, 0.2) is 0 Å². The number of carbonyl (C=O) groups excluding carboxylic acids is 2. The van der Waals surface area contributed by atoms with Crippen LogP contribution in [-0.2, 0) is 9.53 Å². The molecule has 2 amide bonds. The maximum Gasteiger partial charge on any atom is 0.410 e. The van der Waals surface area contributed by atoms with Gasteiger partial charge in [-0.15, -0.1) is 0 Å². The van der Waals surface area contributed by atoms with Crippen LogP contribution >= 0.6 is 0 Å². The first-order valence-electron chi connectivity index (χ1n) is 7.20. The fraction of sp³-hybridized carbons (Fsp3) is 0.857. The van der Waals surface area contributed by atoms with E-state index in [1.807, 2.05) is 20.8 Å². The molecule has 0 spiro atoms. The second-order valence-electron chi connectivity index (χ2n) is 6.44. The SMILES string of the molecule is C[C@H](N)C(=O)NCC1CCN(C(=O)OC(C)(C)C)CC1. The summed E-state index contributed by atoms with van der Waals surface area (Å²) in [6.07, 6.45) is 1.49. The molecule has 1 heterocycles. The van der Waals surface area contributed by atoms with E-state index < -0.39 is 11.6 Å². The van der Waals surface area contributed by atoms with E-state index in [4.69, 9.17) is 10.5 Å². The van der Waals surface area contributed by atoms with Crippen molar-refractivity contribution in [2.45, 2.75) is 52.2 Å². The van der Waals surface area contributed by atoms with Crippen molar-refractivity contribution in [2.24, 2.45) is 11.7 Å². The third kappa shape index (κ3) is 5.77. The summed E-state index contributed by atoms with van der Waals surface area (Å²) in [4.78, 5) is 25.0. The number of hydrogen-bond acceptors (Lipinski definition) is 4. The van der Waals surface area contributed by atoms with Gasteiger partial charge in [0, 0.05) is 19.6 Å². The molecule has 1 rings (SSSR count). The van der Waals surface area contributed by atoms with Crippen LogP contribution in [0.3, 0.4) is 0 Å². The monoisotopic (exact) mass is 285 g/mol. The van der Waals surface area contributed by atoms with Crippen LogP contribution in [0.25, 0.3) is 0 Å². The van der Waals surface area contributed by atoms with Crippen molar-refractivity contribution in [1.82, 2.24) is 10.2 Å². The van der Waals surface area contributed by atoms with E-state index in [1.165, 1.54) is 0 Å². The summed E-state index contributed by atoms with van der Waals surface area (Å²) in [6.45, 7) is 9.23. The summed E-state index contributed by atoms with van der Waals surface area (Å²) in [5.41, 5.74) is 5.03. The molecule has 0 aromatic heterocycles. The lowest BCUT2D eigenvalue weighted by molar-refractivity contribution is -0.122. The predicted molar refractivity (Wildman–Crippen MR) is 77.2 cm³/mol. The minimum Gasteiger partial charge on any atom is -0.444 e. The van der Waals surface area contributed by atoms with Gasteiger partial charge in [0.05, 0.1) is 6.04 Å². The van der Waals surface area contributed by atoms with Crippen LogP contribution in [-0.4, -0.2) is 48.2 Å². The van der Waals surface area contributed by atoms with Crippen LogP contribution in [0.4, 0.5) is 4.79 Å². The van der Waals surface area contributed by atoms with Crippen LogP contribution in [0.15, 0.2) is 0 Å². The molecule has 3 N–H and O–H groups in total. The molecule has 1 atom stereocenters. The number of likely N-dealkylation sites (tertiary alicyclic amines) is 1. The number of amides is 2. The highest BCUT2D eigenvalue weighted by Gasteiger charge is 2.27. The normalized spacial score (nSPS) is 18.6. The summed E-state index contributed by atoms with van der Waals surface area (Å²) in [5.74, 6) is 0.274. The van der Waals surface area contributed by atoms with Crippen molar-refractivity contribution in [1.29, 1.82) is 0 Å². The summed E-state index contributed by atoms with van der Waals surface area (Å²) < 4.78 is 5.34. The molecule has 1 fully saturated rings. The van der Waals surface area contributed by atoms with Gasteiger partial charge in [-0.25, -0.2) is 4.79 Å². The Bertz CT molecular complexity index is 342. The molecule has 116 valence electrons. The number of rotatable bonds is 3. The molecule has 0 aliphatic carbocycles. The smallest absolute Gasteiger partial charge is 0.410 e. The van der Waals surface area contributed by atoms with Crippen LogP contribution in [0, 0.1) is 5.92 Å². The van der Waals surface area contributed by atoms with Crippen molar-refractivity contribution < 1.29 is 14.3 Å². The van der Waals surface area contributed by atoms with E-state index in [9.17, 15) is 9.59 Å². The van der Waals surface area contributed by atoms with Crippen molar-refractivity contribution in [3.05, 3.63) is 0 Å². The lowest BCUT2D eigenvalue weighted by Crippen LogP contribution is -2.45. The molecule has 1 aliphatic rings. The topological polar surface area (TPSA) is 84.7 Å². The number of ether oxygens (including phenoxy) is 1. The zero-order chi connectivity index (χ0) is 15.3. The zero-order valence-electron chi connectivity index (χ0n) is 12.9. The van der Waals surface area contributed by atoms with Crippen molar-refractivity contribution >= 4 is 12.0 Å². The Morgan fingerprint density at radius 1 is 1.35 bits per heavy atom. The molecule has 0 aromatic carbocycles. The summed E-state index contributed by atoms with van der Waals surface area (Å²) in [5, 5.41) is 2.84. The molecule has 0 bridgehead atoms. The van der Waals surface area contributed by atoms with E-state index in [1.54, 1.807) is 11.8 Å². The third-order valence-corrected chi connectivity index (χ3v) is 3.24. The second-order valence-corrected chi connectivity index (χ2v) is 6.44. The average Bonchev–Trinajstić information content (AvgIpc) is 2.34. The average molecular weight is 285 g/mol. The van der Waals surface area contributed by atoms with Gasteiger partial charge in [-0.05, 0) is 46.5 Å². The van der Waals surface area contributed by atoms with E-state index >= 15 is 0 Å². The van der Waals surface area contributed by atoms with Gasteiger partial charge in [0.25, 0.3) is 0 Å². The molecule has 0 unspecified atom stereocenters. The summed E-state index contributed by atoms with van der Waals surface area (Å²) >= 11 is 0. The lowest BCUT2D eigenvalue weighted by Gasteiger charge is -2.33. The highest BCUT2D eigenvalue weighted by molar-refractivity contribution is 5.80. The maximum atomic E-state index is 11.9. The molecule has 6 heteroatoms. The summed E-state index contributed by atoms with van der Waals surface area (Å²) in [6, 6.07) is -0.475. The minimum atomic E-state index is -0.475. The first kappa shape index (κ1) is 16.8.